The van der Waals surface area contributed by atoms with E-state index in [1.807, 2.05) is 0 Å². The summed E-state index contributed by atoms with van der Waals surface area (Å²) in [5.41, 5.74) is 0. The van der Waals surface area contributed by atoms with E-state index in [1.54, 1.807) is 6.92 Å². The van der Waals surface area contributed by atoms with Crippen molar-refractivity contribution in [2.45, 2.75) is 26.6 Å². The zero-order valence-corrected chi connectivity index (χ0v) is 10.1. The molecule has 0 aromatic heterocycles. The standard InChI is InChI=1S/C9H15N3O6/c1-3-8(13)17-6(2)18-10-12(16)11-4-7(5-11)9(14)15/h6-7H,3-5H2,1-2H3,(H,14,15). The minimum absolute atomic E-state index is 0.0782. The second kappa shape index (κ2) is 6.03. The van der Waals surface area contributed by atoms with Gasteiger partial charge in [0.25, 0.3) is 6.29 Å². The fraction of sp³-hybridized carbons (Fsp3) is 0.778. The van der Waals surface area contributed by atoms with Crippen LogP contribution in [0, 0.1) is 11.1 Å². The van der Waals surface area contributed by atoms with Gasteiger partial charge in [-0.25, -0.2) is 0 Å². The largest absolute Gasteiger partial charge is 0.569 e. The van der Waals surface area contributed by atoms with Gasteiger partial charge in [-0.3, -0.25) is 14.4 Å². The predicted octanol–water partition coefficient (Wildman–Crippen LogP) is 0.111. The summed E-state index contributed by atoms with van der Waals surface area (Å²) in [6.07, 6.45) is -0.772. The Bertz CT molecular complexity index is 352. The van der Waals surface area contributed by atoms with Crippen molar-refractivity contribution in [1.82, 2.24) is 5.01 Å². The van der Waals surface area contributed by atoms with Crippen LogP contribution in [0.5, 0.6) is 0 Å². The van der Waals surface area contributed by atoms with Crippen LogP contribution >= 0.6 is 0 Å². The van der Waals surface area contributed by atoms with Gasteiger partial charge < -0.3 is 15.1 Å². The Balaban J connectivity index is 2.30. The number of ether oxygens (including phenoxy) is 1. The van der Waals surface area contributed by atoms with Gasteiger partial charge in [-0.2, -0.15) is 0 Å². The van der Waals surface area contributed by atoms with Crippen molar-refractivity contribution in [2.24, 2.45) is 11.2 Å². The normalized spacial score (nSPS) is 17.9. The van der Waals surface area contributed by atoms with Gasteiger partial charge >= 0.3 is 11.9 Å². The van der Waals surface area contributed by atoms with Crippen molar-refractivity contribution in [3.05, 3.63) is 5.21 Å². The Morgan fingerprint density at radius 1 is 1.61 bits per heavy atom. The van der Waals surface area contributed by atoms with Gasteiger partial charge in [0.05, 0.1) is 18.1 Å². The number of carboxylic acid groups (broad SMARTS) is 1. The lowest BCUT2D eigenvalue weighted by Crippen LogP contribution is -2.53. The van der Waals surface area contributed by atoms with Crippen LogP contribution in [0.1, 0.15) is 20.3 Å². The summed E-state index contributed by atoms with van der Waals surface area (Å²) in [4.78, 5) is 26.2. The van der Waals surface area contributed by atoms with Crippen molar-refractivity contribution in [1.29, 1.82) is 0 Å². The fourth-order valence-electron chi connectivity index (χ4n) is 1.20. The molecule has 1 aliphatic heterocycles. The lowest BCUT2D eigenvalue weighted by Gasteiger charge is -2.31. The molecule has 0 amide bonds. The number of carbonyl (C=O) groups is 2. The smallest absolute Gasteiger partial charge is 0.310 e. The minimum Gasteiger partial charge on any atom is -0.569 e. The molecule has 0 bridgehead atoms. The van der Waals surface area contributed by atoms with E-state index in [2.05, 4.69) is 10.1 Å². The summed E-state index contributed by atoms with van der Waals surface area (Å²) in [6.45, 7) is 3.20. The third-order valence-electron chi connectivity index (χ3n) is 2.30. The SMILES string of the molecule is CCC(=O)OC(C)ON=[N+]([O-])N1CC(C(=O)O)C1. The molecule has 0 saturated carbocycles. The van der Waals surface area contributed by atoms with Crippen molar-refractivity contribution in [3.8, 4) is 0 Å². The third-order valence-corrected chi connectivity index (χ3v) is 2.30. The van der Waals surface area contributed by atoms with Crippen LogP contribution in [0.25, 0.3) is 0 Å². The molecule has 1 rings (SSSR count). The Morgan fingerprint density at radius 2 is 2.22 bits per heavy atom. The van der Waals surface area contributed by atoms with Crippen molar-refractivity contribution in [2.75, 3.05) is 13.1 Å². The maximum Gasteiger partial charge on any atom is 0.310 e. The number of esters is 1. The molecule has 0 spiro atoms. The first kappa shape index (κ1) is 14.0. The van der Waals surface area contributed by atoms with Crippen molar-refractivity contribution in [3.63, 3.8) is 0 Å². The summed E-state index contributed by atoms with van der Waals surface area (Å²) in [5, 5.41) is 24.2. The van der Waals surface area contributed by atoms with Crippen molar-refractivity contribution < 1.29 is 29.2 Å². The van der Waals surface area contributed by atoms with E-state index in [0.29, 0.717) is 0 Å². The molecule has 102 valence electrons. The summed E-state index contributed by atoms with van der Waals surface area (Å²) in [7, 11) is 0. The van der Waals surface area contributed by atoms with Gasteiger partial charge in [-0.1, -0.05) is 6.92 Å². The molecule has 1 aliphatic rings. The topological polar surface area (TPSA) is 114 Å². The number of nitrogens with zero attached hydrogens (tertiary/aromatic N) is 3. The third kappa shape index (κ3) is 3.75. The number of hydrogen-bond donors (Lipinski definition) is 1. The van der Waals surface area contributed by atoms with E-state index in [4.69, 9.17) is 9.84 Å². The Kier molecular flexibility index (Phi) is 4.69. The molecule has 0 aromatic rings. The number of aliphatic carboxylic acids is 1. The quantitative estimate of drug-likeness (QED) is 0.237. The lowest BCUT2D eigenvalue weighted by atomic mass is 10.0. The molecule has 1 unspecified atom stereocenters. The summed E-state index contributed by atoms with van der Waals surface area (Å²) >= 11 is 0. The number of carbonyl (C=O) groups excluding carboxylic acids is 1. The Labute approximate surface area is 103 Å². The molecule has 9 heteroatoms. The van der Waals surface area contributed by atoms with Crippen LogP contribution in [-0.4, -0.2) is 46.4 Å². The molecule has 1 N–H and O–H groups in total. The zero-order chi connectivity index (χ0) is 13.7. The Morgan fingerprint density at radius 3 is 2.72 bits per heavy atom. The van der Waals surface area contributed by atoms with E-state index in [0.717, 1.165) is 5.01 Å². The fourth-order valence-corrected chi connectivity index (χ4v) is 1.20. The molecular formula is C9H15N3O6. The maximum atomic E-state index is 11.3. The van der Waals surface area contributed by atoms with E-state index in [-0.39, 0.29) is 24.5 Å². The maximum absolute atomic E-state index is 11.3. The van der Waals surface area contributed by atoms with E-state index in [9.17, 15) is 14.8 Å². The van der Waals surface area contributed by atoms with Gasteiger partial charge in [0.1, 0.15) is 5.92 Å². The monoisotopic (exact) mass is 261 g/mol. The van der Waals surface area contributed by atoms with Crippen LogP contribution in [0.3, 0.4) is 0 Å². The van der Waals surface area contributed by atoms with Gasteiger partial charge in [0, 0.05) is 13.3 Å². The molecule has 1 heterocycles. The first-order valence-electron chi connectivity index (χ1n) is 5.45. The van der Waals surface area contributed by atoms with E-state index < -0.39 is 24.1 Å². The summed E-state index contributed by atoms with van der Waals surface area (Å²) in [6, 6.07) is 0. The van der Waals surface area contributed by atoms with Gasteiger partial charge in [-0.05, 0) is 0 Å². The molecular weight excluding hydrogens is 246 g/mol. The van der Waals surface area contributed by atoms with Crippen LogP contribution in [0.15, 0.2) is 5.28 Å². The Hall–Kier alpha value is -2.06. The second-order valence-corrected chi connectivity index (χ2v) is 3.76. The van der Waals surface area contributed by atoms with Crippen LogP contribution < -0.4 is 0 Å². The summed E-state index contributed by atoms with van der Waals surface area (Å²) < 4.78 is 4.71. The molecule has 9 nitrogen and oxygen atoms in total. The minimum atomic E-state index is -0.967. The van der Waals surface area contributed by atoms with Gasteiger partial charge in [0.15, 0.2) is 0 Å². The molecule has 18 heavy (non-hydrogen) atoms. The second-order valence-electron chi connectivity index (χ2n) is 3.76. The molecule has 0 aromatic carbocycles. The first-order valence-corrected chi connectivity index (χ1v) is 5.45. The highest BCUT2D eigenvalue weighted by molar-refractivity contribution is 5.71. The average molecular weight is 261 g/mol. The summed E-state index contributed by atoms with van der Waals surface area (Å²) in [5.74, 6) is -1.98. The highest BCUT2D eigenvalue weighted by atomic mass is 16.8. The predicted molar refractivity (Wildman–Crippen MR) is 55.7 cm³/mol. The number of rotatable bonds is 6. The zero-order valence-electron chi connectivity index (χ0n) is 10.1. The van der Waals surface area contributed by atoms with Crippen LogP contribution in [0.2, 0.25) is 0 Å². The molecule has 0 radical (unpaired) electrons. The highest BCUT2D eigenvalue weighted by Crippen LogP contribution is 2.15. The average Bonchev–Trinajstić information content (AvgIpc) is 2.23. The molecule has 1 saturated heterocycles. The molecule has 1 fully saturated rings. The number of hydrogen-bond acceptors (Lipinski definition) is 6. The first-order chi connectivity index (χ1) is 8.43. The van der Waals surface area contributed by atoms with Gasteiger partial charge in [0.2, 0.25) is 5.28 Å². The highest BCUT2D eigenvalue weighted by Gasteiger charge is 2.38. The molecule has 1 atom stereocenters. The lowest BCUT2D eigenvalue weighted by molar-refractivity contribution is -0.727. The van der Waals surface area contributed by atoms with E-state index in [1.165, 1.54) is 6.92 Å². The molecule has 0 aliphatic carbocycles. The van der Waals surface area contributed by atoms with Gasteiger partial charge in [-0.15, -0.1) is 5.01 Å². The number of hydrazine groups is 1. The number of carboxylic acids is 1. The van der Waals surface area contributed by atoms with Crippen LogP contribution in [0.4, 0.5) is 0 Å². The van der Waals surface area contributed by atoms with Crippen LogP contribution in [-0.2, 0) is 19.2 Å². The van der Waals surface area contributed by atoms with E-state index >= 15 is 0 Å². The van der Waals surface area contributed by atoms with Crippen molar-refractivity contribution >= 4 is 11.9 Å².